The second-order valence-corrected chi connectivity index (χ2v) is 6.97. The first-order valence-electron chi connectivity index (χ1n) is 10.1. The Kier molecular flexibility index (Phi) is 7.90. The van der Waals surface area contributed by atoms with E-state index < -0.39 is 0 Å². The number of hydrogen-bond acceptors (Lipinski definition) is 2. The molecule has 1 fully saturated rings. The summed E-state index contributed by atoms with van der Waals surface area (Å²) < 4.78 is 5.49. The van der Waals surface area contributed by atoms with Crippen molar-refractivity contribution in [3.8, 4) is 5.75 Å². The van der Waals surface area contributed by atoms with Gasteiger partial charge < -0.3 is 4.74 Å². The minimum Gasteiger partial charge on any atom is -0.423 e. The molecule has 0 spiro atoms. The molecule has 0 heterocycles. The van der Waals surface area contributed by atoms with E-state index in [1.165, 1.54) is 36.8 Å². The van der Waals surface area contributed by atoms with Gasteiger partial charge in [-0.2, -0.15) is 0 Å². The predicted molar refractivity (Wildman–Crippen MR) is 109 cm³/mol. The summed E-state index contributed by atoms with van der Waals surface area (Å²) in [4.78, 5) is 12.2. The van der Waals surface area contributed by atoms with Crippen LogP contribution in [0.1, 0.15) is 80.8 Å². The Bertz CT molecular complexity index is 662. The third-order valence-electron chi connectivity index (χ3n) is 5.18. The van der Waals surface area contributed by atoms with Gasteiger partial charge in [0.05, 0.1) is 5.56 Å². The maximum atomic E-state index is 12.2. The van der Waals surface area contributed by atoms with Crippen LogP contribution in [-0.2, 0) is 6.42 Å². The summed E-state index contributed by atoms with van der Waals surface area (Å²) in [5.41, 5.74) is 3.18. The monoisotopic (exact) mass is 352 g/mol. The van der Waals surface area contributed by atoms with Crippen molar-refractivity contribution in [2.24, 2.45) is 5.92 Å². The second kappa shape index (κ2) is 10.2. The molecule has 0 amide bonds. The van der Waals surface area contributed by atoms with Gasteiger partial charge in [-0.15, -0.1) is 0 Å². The van der Waals surface area contributed by atoms with E-state index in [0.717, 1.165) is 12.3 Å². The summed E-state index contributed by atoms with van der Waals surface area (Å²) in [5, 5.41) is 0. The van der Waals surface area contributed by atoms with Crippen LogP contribution < -0.4 is 4.74 Å². The van der Waals surface area contributed by atoms with Crippen molar-refractivity contribution in [1.82, 2.24) is 0 Å². The highest BCUT2D eigenvalue weighted by molar-refractivity contribution is 5.91. The third kappa shape index (κ3) is 5.45. The highest BCUT2D eigenvalue weighted by atomic mass is 16.5. The summed E-state index contributed by atoms with van der Waals surface area (Å²) in [6.45, 7) is 8.44. The first kappa shape index (κ1) is 20.2. The lowest BCUT2D eigenvalue weighted by Gasteiger charge is -2.26. The van der Waals surface area contributed by atoms with Gasteiger partial charge in [0, 0.05) is 0 Å². The second-order valence-electron chi connectivity index (χ2n) is 6.97. The Hall–Kier alpha value is -2.09. The van der Waals surface area contributed by atoms with Gasteiger partial charge in [-0.3, -0.25) is 0 Å². The average molecular weight is 353 g/mol. The minimum atomic E-state index is -0.295. The zero-order valence-corrected chi connectivity index (χ0v) is 16.6. The standard InChI is InChI=1S/C22H26O2.C2H6/c1-3-17-6-10-20(11-7-17)22(23)24-21-14-12-19(13-15-21)18-8-4-16(2)5-9-18;1-2/h6-7,10-16,18H,3-5,8-9H2,1-2H3;1-2H3. The maximum absolute atomic E-state index is 12.2. The molecule has 1 aliphatic carbocycles. The van der Waals surface area contributed by atoms with E-state index in [-0.39, 0.29) is 5.97 Å². The molecular weight excluding hydrogens is 320 g/mol. The van der Waals surface area contributed by atoms with E-state index in [1.54, 1.807) is 0 Å². The highest BCUT2D eigenvalue weighted by Gasteiger charge is 2.19. The van der Waals surface area contributed by atoms with Crippen molar-refractivity contribution in [3.05, 3.63) is 65.2 Å². The van der Waals surface area contributed by atoms with E-state index in [0.29, 0.717) is 17.2 Å². The van der Waals surface area contributed by atoms with Gasteiger partial charge >= 0.3 is 5.97 Å². The third-order valence-corrected chi connectivity index (χ3v) is 5.18. The molecule has 2 aromatic carbocycles. The van der Waals surface area contributed by atoms with E-state index in [4.69, 9.17) is 4.74 Å². The molecule has 140 valence electrons. The number of esters is 1. The smallest absolute Gasteiger partial charge is 0.343 e. The molecule has 3 rings (SSSR count). The Balaban J connectivity index is 0.00000117. The van der Waals surface area contributed by atoms with Crippen LogP contribution in [0.25, 0.3) is 0 Å². The summed E-state index contributed by atoms with van der Waals surface area (Å²) in [7, 11) is 0. The molecule has 26 heavy (non-hydrogen) atoms. The van der Waals surface area contributed by atoms with Gasteiger partial charge in [0.15, 0.2) is 0 Å². The van der Waals surface area contributed by atoms with E-state index >= 15 is 0 Å². The van der Waals surface area contributed by atoms with Crippen LogP contribution in [0.4, 0.5) is 0 Å². The Labute approximate surface area is 158 Å². The average Bonchev–Trinajstić information content (AvgIpc) is 2.71. The molecule has 1 aliphatic rings. The maximum Gasteiger partial charge on any atom is 0.343 e. The lowest BCUT2D eigenvalue weighted by atomic mass is 9.79. The zero-order chi connectivity index (χ0) is 18.9. The zero-order valence-electron chi connectivity index (χ0n) is 16.6. The molecule has 0 aromatic heterocycles. The minimum absolute atomic E-state index is 0.295. The molecule has 2 aromatic rings. The van der Waals surface area contributed by atoms with E-state index in [9.17, 15) is 4.79 Å². The molecule has 0 N–H and O–H groups in total. The van der Waals surface area contributed by atoms with Gasteiger partial charge in [-0.1, -0.05) is 64.8 Å². The highest BCUT2D eigenvalue weighted by Crippen LogP contribution is 2.35. The molecule has 0 unspecified atom stereocenters. The Morgan fingerprint density at radius 1 is 0.923 bits per heavy atom. The topological polar surface area (TPSA) is 26.3 Å². The molecule has 0 radical (unpaired) electrons. The molecular formula is C24H32O2. The Morgan fingerprint density at radius 3 is 2.04 bits per heavy atom. The van der Waals surface area contributed by atoms with Crippen LogP contribution in [0.5, 0.6) is 5.75 Å². The molecule has 0 bridgehead atoms. The van der Waals surface area contributed by atoms with Crippen LogP contribution in [-0.4, -0.2) is 5.97 Å². The van der Waals surface area contributed by atoms with Crippen molar-refractivity contribution in [2.45, 2.75) is 65.7 Å². The largest absolute Gasteiger partial charge is 0.423 e. The van der Waals surface area contributed by atoms with Gasteiger partial charge in [-0.05, 0) is 66.5 Å². The fourth-order valence-electron chi connectivity index (χ4n) is 3.44. The van der Waals surface area contributed by atoms with Crippen LogP contribution in [0.2, 0.25) is 0 Å². The molecule has 0 saturated heterocycles. The fourth-order valence-corrected chi connectivity index (χ4v) is 3.44. The predicted octanol–water partition coefficient (Wildman–Crippen LogP) is 6.79. The molecule has 2 heteroatoms. The number of benzene rings is 2. The van der Waals surface area contributed by atoms with Gasteiger partial charge in [0.25, 0.3) is 0 Å². The first-order valence-corrected chi connectivity index (χ1v) is 10.1. The number of ether oxygens (including phenoxy) is 1. The van der Waals surface area contributed by atoms with Crippen LogP contribution in [0, 0.1) is 5.92 Å². The van der Waals surface area contributed by atoms with Gasteiger partial charge in [0.1, 0.15) is 5.75 Å². The molecule has 0 aliphatic heterocycles. The van der Waals surface area contributed by atoms with E-state index in [1.807, 2.05) is 50.2 Å². The van der Waals surface area contributed by atoms with Crippen LogP contribution in [0.15, 0.2) is 48.5 Å². The number of rotatable bonds is 4. The van der Waals surface area contributed by atoms with Crippen molar-refractivity contribution < 1.29 is 9.53 Å². The normalized spacial score (nSPS) is 19.2. The molecule has 1 saturated carbocycles. The summed E-state index contributed by atoms with van der Waals surface area (Å²) in [5.74, 6) is 1.84. The lowest BCUT2D eigenvalue weighted by Crippen LogP contribution is -2.11. The van der Waals surface area contributed by atoms with Crippen molar-refractivity contribution >= 4 is 5.97 Å². The SMILES string of the molecule is CC.CCc1ccc(C(=O)Oc2ccc(C3CCC(C)CC3)cc2)cc1. The quantitative estimate of drug-likeness (QED) is 0.447. The molecule has 0 atom stereocenters. The van der Waals surface area contributed by atoms with E-state index in [2.05, 4.69) is 26.0 Å². The number of aryl methyl sites for hydroxylation is 1. The summed E-state index contributed by atoms with van der Waals surface area (Å²) in [6.07, 6.45) is 6.13. The number of carbonyl (C=O) groups is 1. The Morgan fingerprint density at radius 2 is 1.50 bits per heavy atom. The van der Waals surface area contributed by atoms with Crippen molar-refractivity contribution in [2.75, 3.05) is 0 Å². The fraction of sp³-hybridized carbons (Fsp3) is 0.458. The van der Waals surface area contributed by atoms with Crippen LogP contribution in [0.3, 0.4) is 0 Å². The van der Waals surface area contributed by atoms with Crippen molar-refractivity contribution in [1.29, 1.82) is 0 Å². The number of hydrogen-bond donors (Lipinski definition) is 0. The molecule has 2 nitrogen and oxygen atoms in total. The number of carbonyl (C=O) groups excluding carboxylic acids is 1. The lowest BCUT2D eigenvalue weighted by molar-refractivity contribution is 0.0734. The summed E-state index contributed by atoms with van der Waals surface area (Å²) >= 11 is 0. The van der Waals surface area contributed by atoms with Gasteiger partial charge in [-0.25, -0.2) is 4.79 Å². The summed E-state index contributed by atoms with van der Waals surface area (Å²) in [6, 6.07) is 15.7. The first-order chi connectivity index (χ1) is 12.7. The van der Waals surface area contributed by atoms with Gasteiger partial charge in [0.2, 0.25) is 0 Å². The van der Waals surface area contributed by atoms with Crippen molar-refractivity contribution in [3.63, 3.8) is 0 Å². The van der Waals surface area contributed by atoms with Crippen LogP contribution >= 0.6 is 0 Å².